The summed E-state index contributed by atoms with van der Waals surface area (Å²) in [5.41, 5.74) is 2.61. The lowest BCUT2D eigenvalue weighted by Gasteiger charge is -2.29. The molecule has 130 valence electrons. The number of hydrogen-bond acceptors (Lipinski definition) is 2. The van der Waals surface area contributed by atoms with Crippen LogP contribution in [0.25, 0.3) is 0 Å². The normalized spacial score (nSPS) is 19.3. The quantitative estimate of drug-likeness (QED) is 0.909. The lowest BCUT2D eigenvalue weighted by atomic mass is 9.94. The van der Waals surface area contributed by atoms with Gasteiger partial charge in [-0.1, -0.05) is 36.4 Å². The number of fused-ring (bicyclic) bond motifs is 1. The Morgan fingerprint density at radius 2 is 1.68 bits per heavy atom. The summed E-state index contributed by atoms with van der Waals surface area (Å²) in [4.78, 5) is 12.8. The lowest BCUT2D eigenvalue weighted by Crippen LogP contribution is -2.48. The van der Waals surface area contributed by atoms with Crippen LogP contribution in [0.3, 0.4) is 0 Å². The van der Waals surface area contributed by atoms with Gasteiger partial charge in [-0.05, 0) is 41.7 Å². The SMILES string of the molecule is COC1(CNC(=O)C2(c3ccc(F)cc3)CC2)Cc2ccccc2C1. The third-order valence-electron chi connectivity index (χ3n) is 5.73. The predicted molar refractivity (Wildman–Crippen MR) is 93.9 cm³/mol. The number of methoxy groups -OCH3 is 1. The van der Waals surface area contributed by atoms with Crippen molar-refractivity contribution < 1.29 is 13.9 Å². The maximum Gasteiger partial charge on any atom is 0.230 e. The fraction of sp³-hybridized carbons (Fsp3) is 0.381. The number of carbonyl (C=O) groups is 1. The van der Waals surface area contributed by atoms with E-state index in [-0.39, 0.29) is 17.3 Å². The van der Waals surface area contributed by atoms with Crippen molar-refractivity contribution in [2.45, 2.75) is 36.7 Å². The van der Waals surface area contributed by atoms with Crippen LogP contribution < -0.4 is 5.32 Å². The molecule has 0 saturated heterocycles. The van der Waals surface area contributed by atoms with Gasteiger partial charge in [0.1, 0.15) is 5.82 Å². The first-order valence-electron chi connectivity index (χ1n) is 8.73. The summed E-state index contributed by atoms with van der Waals surface area (Å²) in [6, 6.07) is 14.6. The molecule has 0 radical (unpaired) electrons. The van der Waals surface area contributed by atoms with Gasteiger partial charge in [-0.2, -0.15) is 0 Å². The van der Waals surface area contributed by atoms with Crippen LogP contribution in [0.2, 0.25) is 0 Å². The van der Waals surface area contributed by atoms with Crippen LogP contribution in [0.5, 0.6) is 0 Å². The molecular formula is C21H22FNO2. The molecule has 1 fully saturated rings. The largest absolute Gasteiger partial charge is 0.376 e. The molecule has 4 heteroatoms. The Bertz CT molecular complexity index is 771. The Labute approximate surface area is 147 Å². The fourth-order valence-electron chi connectivity index (χ4n) is 3.95. The second-order valence-corrected chi connectivity index (χ2v) is 7.28. The number of ether oxygens (including phenoxy) is 1. The number of carbonyl (C=O) groups excluding carboxylic acids is 1. The van der Waals surface area contributed by atoms with Crippen LogP contribution in [-0.2, 0) is 27.8 Å². The second kappa shape index (κ2) is 5.95. The molecule has 1 amide bonds. The highest BCUT2D eigenvalue weighted by Gasteiger charge is 2.51. The summed E-state index contributed by atoms with van der Waals surface area (Å²) in [6.07, 6.45) is 3.24. The number of rotatable bonds is 5. The summed E-state index contributed by atoms with van der Waals surface area (Å²) < 4.78 is 19.0. The van der Waals surface area contributed by atoms with E-state index in [0.717, 1.165) is 31.2 Å². The Hall–Kier alpha value is -2.20. The Morgan fingerprint density at radius 3 is 2.20 bits per heavy atom. The first kappa shape index (κ1) is 16.3. The number of nitrogens with one attached hydrogen (secondary N) is 1. The van der Waals surface area contributed by atoms with Gasteiger partial charge >= 0.3 is 0 Å². The van der Waals surface area contributed by atoms with Crippen molar-refractivity contribution in [2.75, 3.05) is 13.7 Å². The van der Waals surface area contributed by atoms with E-state index < -0.39 is 5.41 Å². The Morgan fingerprint density at radius 1 is 1.08 bits per heavy atom. The number of hydrogen-bond donors (Lipinski definition) is 1. The van der Waals surface area contributed by atoms with E-state index in [0.29, 0.717) is 6.54 Å². The average molecular weight is 339 g/mol. The van der Waals surface area contributed by atoms with Gasteiger partial charge < -0.3 is 10.1 Å². The lowest BCUT2D eigenvalue weighted by molar-refractivity contribution is -0.125. The molecule has 0 spiro atoms. The molecule has 0 unspecified atom stereocenters. The molecule has 2 aliphatic rings. The number of halogens is 1. The van der Waals surface area contributed by atoms with Crippen LogP contribution in [0, 0.1) is 5.82 Å². The number of amides is 1. The van der Waals surface area contributed by atoms with Gasteiger partial charge in [-0.3, -0.25) is 4.79 Å². The topological polar surface area (TPSA) is 38.3 Å². The summed E-state index contributed by atoms with van der Waals surface area (Å²) in [5.74, 6) is -0.256. The molecule has 25 heavy (non-hydrogen) atoms. The van der Waals surface area contributed by atoms with Gasteiger partial charge in [-0.15, -0.1) is 0 Å². The smallest absolute Gasteiger partial charge is 0.230 e. The maximum absolute atomic E-state index is 13.2. The second-order valence-electron chi connectivity index (χ2n) is 7.28. The Kier molecular flexibility index (Phi) is 3.88. The molecule has 0 aromatic heterocycles. The van der Waals surface area contributed by atoms with Crippen LogP contribution in [0.4, 0.5) is 4.39 Å². The van der Waals surface area contributed by atoms with Crippen LogP contribution in [0.15, 0.2) is 48.5 Å². The molecule has 0 atom stereocenters. The minimum atomic E-state index is -0.492. The molecule has 3 nitrogen and oxygen atoms in total. The third kappa shape index (κ3) is 2.85. The molecule has 1 N–H and O–H groups in total. The highest BCUT2D eigenvalue weighted by atomic mass is 19.1. The van der Waals surface area contributed by atoms with Gasteiger partial charge in [0.2, 0.25) is 5.91 Å². The standard InChI is InChI=1S/C21H22FNO2/c1-25-20(12-15-4-2-3-5-16(15)13-20)14-23-19(24)21(10-11-21)17-6-8-18(22)9-7-17/h2-9H,10-14H2,1H3,(H,23,24). The first-order valence-corrected chi connectivity index (χ1v) is 8.73. The zero-order valence-electron chi connectivity index (χ0n) is 14.3. The van der Waals surface area contributed by atoms with E-state index in [1.807, 2.05) is 12.1 Å². The van der Waals surface area contributed by atoms with Crippen molar-refractivity contribution in [1.29, 1.82) is 0 Å². The van der Waals surface area contributed by atoms with E-state index in [1.54, 1.807) is 19.2 Å². The number of benzene rings is 2. The van der Waals surface area contributed by atoms with E-state index in [4.69, 9.17) is 4.74 Å². The average Bonchev–Trinajstić information content (AvgIpc) is 3.35. The zero-order valence-corrected chi connectivity index (χ0v) is 14.3. The zero-order chi connectivity index (χ0) is 17.5. The molecule has 0 aliphatic heterocycles. The highest BCUT2D eigenvalue weighted by Crippen LogP contribution is 2.48. The molecule has 0 bridgehead atoms. The highest BCUT2D eigenvalue weighted by molar-refractivity contribution is 5.91. The van der Waals surface area contributed by atoms with Crippen molar-refractivity contribution in [1.82, 2.24) is 5.32 Å². The molecule has 0 heterocycles. The Balaban J connectivity index is 1.46. The first-order chi connectivity index (χ1) is 12.1. The van der Waals surface area contributed by atoms with Crippen molar-refractivity contribution in [3.63, 3.8) is 0 Å². The summed E-state index contributed by atoms with van der Waals surface area (Å²) in [5, 5.41) is 3.11. The van der Waals surface area contributed by atoms with Gasteiger partial charge in [-0.25, -0.2) is 4.39 Å². The predicted octanol–water partition coefficient (Wildman–Crippen LogP) is 3.16. The van der Waals surface area contributed by atoms with E-state index in [1.165, 1.54) is 23.3 Å². The molecule has 1 saturated carbocycles. The summed E-state index contributed by atoms with van der Waals surface area (Å²) in [6.45, 7) is 0.486. The van der Waals surface area contributed by atoms with Crippen molar-refractivity contribution >= 4 is 5.91 Å². The van der Waals surface area contributed by atoms with E-state index in [9.17, 15) is 9.18 Å². The molecular weight excluding hydrogens is 317 g/mol. The van der Waals surface area contributed by atoms with E-state index in [2.05, 4.69) is 17.4 Å². The van der Waals surface area contributed by atoms with Crippen LogP contribution in [-0.4, -0.2) is 25.2 Å². The minimum Gasteiger partial charge on any atom is -0.376 e. The maximum atomic E-state index is 13.2. The van der Waals surface area contributed by atoms with Crippen LogP contribution in [0.1, 0.15) is 29.5 Å². The molecule has 2 aromatic rings. The molecule has 2 aliphatic carbocycles. The summed E-state index contributed by atoms with van der Waals surface area (Å²) >= 11 is 0. The van der Waals surface area contributed by atoms with Gasteiger partial charge in [0.15, 0.2) is 0 Å². The van der Waals surface area contributed by atoms with Gasteiger partial charge in [0.05, 0.1) is 11.0 Å². The van der Waals surface area contributed by atoms with Gasteiger partial charge in [0, 0.05) is 26.5 Å². The molecule has 4 rings (SSSR count). The fourth-order valence-corrected chi connectivity index (χ4v) is 3.95. The van der Waals surface area contributed by atoms with E-state index >= 15 is 0 Å². The summed E-state index contributed by atoms with van der Waals surface area (Å²) in [7, 11) is 1.71. The molecule has 2 aromatic carbocycles. The third-order valence-corrected chi connectivity index (χ3v) is 5.73. The van der Waals surface area contributed by atoms with Crippen molar-refractivity contribution in [2.24, 2.45) is 0 Å². The minimum absolute atomic E-state index is 0.0199. The van der Waals surface area contributed by atoms with Crippen LogP contribution >= 0.6 is 0 Å². The van der Waals surface area contributed by atoms with Crippen molar-refractivity contribution in [3.05, 3.63) is 71.0 Å². The van der Waals surface area contributed by atoms with Crippen molar-refractivity contribution in [3.8, 4) is 0 Å². The van der Waals surface area contributed by atoms with Gasteiger partial charge in [0.25, 0.3) is 0 Å². The monoisotopic (exact) mass is 339 g/mol.